The smallest absolute Gasteiger partial charge is 0.320 e. The summed E-state index contributed by atoms with van der Waals surface area (Å²) in [6.07, 6.45) is 7.24. The van der Waals surface area contributed by atoms with Crippen molar-refractivity contribution in [2.75, 3.05) is 25.1 Å². The standard InChI is InChI=1S/C40H58N6O7S/c1-11-29-40(9)30(25(6)33(47)21(2)18-39(8,51-10)26(7)23(4)22(3)24(5)37(49)52-29)34(38(50)53-40)54-17-16-46-20-44-31-32(46)28(19-43-35(31)41)36(48)45-27-12-14-42-15-13-27/h12,14,19-26,29-30,34H,11,13,15-18H2,1-10H3,(H2,41,43)(H,45,48)/t21-,22+,23+,24?,25?,26-,29-,30?,34?,39-,40-/m1/s1. The van der Waals surface area contributed by atoms with Gasteiger partial charge in [0.05, 0.1) is 28.9 Å². The second-order valence-corrected chi connectivity index (χ2v) is 17.3. The Bertz CT molecular complexity index is 1810. The average molecular weight is 767 g/mol. The number of carbonyl (C=O) groups excluding carboxylic acids is 4. The van der Waals surface area contributed by atoms with Crippen LogP contribution in [-0.2, 0) is 35.1 Å². The van der Waals surface area contributed by atoms with E-state index in [0.29, 0.717) is 54.7 Å². The van der Waals surface area contributed by atoms with Crippen molar-refractivity contribution in [3.05, 3.63) is 29.9 Å². The number of nitrogens with zero attached hydrogens (tertiary/aromatic N) is 4. The lowest BCUT2D eigenvalue weighted by Gasteiger charge is -2.44. The number of pyridine rings is 1. The molecule has 4 unspecified atom stereocenters. The van der Waals surface area contributed by atoms with Crippen LogP contribution in [0.1, 0.15) is 91.9 Å². The number of anilines is 1. The molecule has 0 radical (unpaired) electrons. The normalized spacial score (nSPS) is 35.2. The first-order valence-corrected chi connectivity index (χ1v) is 20.3. The molecule has 0 aromatic carbocycles. The Hall–Kier alpha value is -3.78. The Morgan fingerprint density at radius 1 is 1.07 bits per heavy atom. The van der Waals surface area contributed by atoms with Crippen molar-refractivity contribution in [1.29, 1.82) is 0 Å². The topological polar surface area (TPSA) is 177 Å². The molecule has 0 saturated carbocycles. The lowest BCUT2D eigenvalue weighted by molar-refractivity contribution is -0.185. The number of hydrogen-bond donors (Lipinski definition) is 2. The van der Waals surface area contributed by atoms with Gasteiger partial charge in [0, 0.05) is 68.2 Å². The molecule has 2 fully saturated rings. The Morgan fingerprint density at radius 2 is 1.80 bits per heavy atom. The van der Waals surface area contributed by atoms with Crippen molar-refractivity contribution in [2.45, 2.75) is 111 Å². The number of nitrogens with one attached hydrogen (secondary N) is 1. The van der Waals surface area contributed by atoms with Crippen molar-refractivity contribution < 1.29 is 33.4 Å². The molecule has 0 spiro atoms. The maximum atomic E-state index is 14.5. The van der Waals surface area contributed by atoms with Crippen LogP contribution in [0.3, 0.4) is 0 Å². The molecule has 3 aliphatic rings. The van der Waals surface area contributed by atoms with Crippen LogP contribution in [0, 0.1) is 41.4 Å². The number of ether oxygens (including phenoxy) is 3. The Labute approximate surface area is 323 Å². The van der Waals surface area contributed by atoms with Crippen molar-refractivity contribution in [1.82, 2.24) is 19.9 Å². The molecule has 296 valence electrons. The number of amides is 1. The fourth-order valence-electron chi connectivity index (χ4n) is 8.85. The van der Waals surface area contributed by atoms with Gasteiger partial charge in [-0.15, -0.1) is 11.8 Å². The molecule has 13 nitrogen and oxygen atoms in total. The minimum Gasteiger partial charge on any atom is -0.458 e. The molecule has 0 aliphatic carbocycles. The Balaban J connectivity index is 1.46. The van der Waals surface area contributed by atoms with Gasteiger partial charge in [-0.2, -0.15) is 0 Å². The molecule has 2 aromatic rings. The number of rotatable bonds is 8. The number of ketones is 1. The summed E-state index contributed by atoms with van der Waals surface area (Å²) in [5, 5.41) is 2.23. The zero-order chi connectivity index (χ0) is 39.7. The van der Waals surface area contributed by atoms with Gasteiger partial charge in [0.25, 0.3) is 5.91 Å². The number of cyclic esters (lactones) is 1. The van der Waals surface area contributed by atoms with Crippen molar-refractivity contribution in [3.8, 4) is 0 Å². The second kappa shape index (κ2) is 16.5. The lowest BCUT2D eigenvalue weighted by atomic mass is 9.67. The third-order valence-corrected chi connectivity index (χ3v) is 14.2. The molecule has 54 heavy (non-hydrogen) atoms. The summed E-state index contributed by atoms with van der Waals surface area (Å²) >= 11 is 1.39. The lowest BCUT2D eigenvalue weighted by Crippen LogP contribution is -2.53. The largest absolute Gasteiger partial charge is 0.458 e. The maximum absolute atomic E-state index is 14.5. The molecule has 3 aliphatic heterocycles. The number of carbonyl (C=O) groups is 4. The van der Waals surface area contributed by atoms with E-state index in [1.54, 1.807) is 25.7 Å². The van der Waals surface area contributed by atoms with Crippen LogP contribution in [0.2, 0.25) is 0 Å². The second-order valence-electron chi connectivity index (χ2n) is 16.0. The first-order valence-electron chi connectivity index (χ1n) is 19.2. The first-order chi connectivity index (χ1) is 25.5. The number of fused-ring (bicyclic) bond motifs is 2. The summed E-state index contributed by atoms with van der Waals surface area (Å²) in [6, 6.07) is 0. The summed E-state index contributed by atoms with van der Waals surface area (Å²) in [5.74, 6) is -2.43. The number of aliphatic imine (C=N–C) groups is 1. The minimum atomic E-state index is -1.25. The quantitative estimate of drug-likeness (QED) is 0.318. The predicted octanol–water partition coefficient (Wildman–Crippen LogP) is 5.65. The molecule has 14 heteroatoms. The third kappa shape index (κ3) is 7.82. The fourth-order valence-corrected chi connectivity index (χ4v) is 10.3. The van der Waals surface area contributed by atoms with E-state index < -0.39 is 46.3 Å². The number of nitrogen functional groups attached to an aromatic ring is 1. The maximum Gasteiger partial charge on any atom is 0.320 e. The number of Topliss-reactive ketones (excluding diaryl/α,β-unsaturated/α-hetero) is 1. The molecular formula is C40H58N6O7S. The van der Waals surface area contributed by atoms with E-state index in [9.17, 15) is 19.2 Å². The zero-order valence-electron chi connectivity index (χ0n) is 33.4. The highest BCUT2D eigenvalue weighted by Gasteiger charge is 2.61. The van der Waals surface area contributed by atoms with E-state index in [4.69, 9.17) is 19.9 Å². The van der Waals surface area contributed by atoms with E-state index in [1.165, 1.54) is 18.0 Å². The van der Waals surface area contributed by atoms with Crippen LogP contribution < -0.4 is 11.1 Å². The van der Waals surface area contributed by atoms with Crippen LogP contribution in [0.5, 0.6) is 0 Å². The number of esters is 2. The molecule has 3 N–H and O–H groups in total. The molecule has 5 rings (SSSR count). The number of nitrogens with two attached hydrogens (primary N) is 1. The highest BCUT2D eigenvalue weighted by molar-refractivity contribution is 8.00. The number of thioether (sulfide) groups is 1. The fraction of sp³-hybridized carbons (Fsp3) is 0.675. The summed E-state index contributed by atoms with van der Waals surface area (Å²) in [5.41, 5.74) is 6.31. The first kappa shape index (κ1) is 41.4. The van der Waals surface area contributed by atoms with Gasteiger partial charge in [0.1, 0.15) is 22.7 Å². The molecular weight excluding hydrogens is 709 g/mol. The van der Waals surface area contributed by atoms with Crippen LogP contribution in [-0.4, -0.2) is 86.3 Å². The van der Waals surface area contributed by atoms with E-state index in [2.05, 4.69) is 41.0 Å². The van der Waals surface area contributed by atoms with Crippen molar-refractivity contribution in [3.63, 3.8) is 0 Å². The number of aromatic nitrogens is 3. The summed E-state index contributed by atoms with van der Waals surface area (Å²) in [6.45, 7) is 18.8. The van der Waals surface area contributed by atoms with Crippen LogP contribution in [0.4, 0.5) is 5.82 Å². The van der Waals surface area contributed by atoms with Gasteiger partial charge in [-0.05, 0) is 50.5 Å². The van der Waals surface area contributed by atoms with Gasteiger partial charge >= 0.3 is 11.9 Å². The average Bonchev–Trinajstić information content (AvgIpc) is 3.70. The SMILES string of the molecule is CC[C@H]1OC(=O)C(C)[C@@H](C)[C@H](C)[C@@H](C)[C@](C)(OC)C[C@@H](C)C(=O)C(C)C2C(SCCn3cnc4c(N)ncc(C(=O)NC5=CC=NCC5)c43)C(=O)O[C@@]21C. The van der Waals surface area contributed by atoms with Gasteiger partial charge < -0.3 is 29.8 Å². The molecule has 2 aromatic heterocycles. The van der Waals surface area contributed by atoms with Gasteiger partial charge in [-0.1, -0.05) is 48.5 Å². The molecule has 1 amide bonds. The van der Waals surface area contributed by atoms with Crippen molar-refractivity contribution in [2.24, 2.45) is 46.4 Å². The van der Waals surface area contributed by atoms with Gasteiger partial charge in [0.2, 0.25) is 0 Å². The molecule has 2 saturated heterocycles. The summed E-state index contributed by atoms with van der Waals surface area (Å²) in [4.78, 5) is 68.6. The minimum absolute atomic E-state index is 0.0106. The monoisotopic (exact) mass is 766 g/mol. The number of hydrogen-bond acceptors (Lipinski definition) is 12. The molecule has 5 heterocycles. The van der Waals surface area contributed by atoms with Crippen LogP contribution >= 0.6 is 11.8 Å². The zero-order valence-corrected chi connectivity index (χ0v) is 34.2. The van der Waals surface area contributed by atoms with Gasteiger partial charge in [-0.3, -0.25) is 24.2 Å². The Morgan fingerprint density at radius 3 is 2.44 bits per heavy atom. The van der Waals surface area contributed by atoms with E-state index in [-0.39, 0.29) is 47.1 Å². The Kier molecular flexibility index (Phi) is 12.7. The van der Waals surface area contributed by atoms with Gasteiger partial charge in [-0.25, -0.2) is 9.97 Å². The van der Waals surface area contributed by atoms with Crippen LogP contribution in [0.25, 0.3) is 11.0 Å². The number of allylic oxidation sites excluding steroid dienone is 1. The van der Waals surface area contributed by atoms with E-state index >= 15 is 0 Å². The number of methoxy groups -OCH3 is 1. The van der Waals surface area contributed by atoms with E-state index in [1.807, 2.05) is 46.1 Å². The highest BCUT2D eigenvalue weighted by atomic mass is 32.2. The van der Waals surface area contributed by atoms with Crippen molar-refractivity contribution >= 4 is 58.5 Å². The number of aryl methyl sites for hydroxylation is 1. The predicted molar refractivity (Wildman–Crippen MR) is 210 cm³/mol. The summed E-state index contributed by atoms with van der Waals surface area (Å²) < 4.78 is 20.5. The summed E-state index contributed by atoms with van der Waals surface area (Å²) in [7, 11) is 1.68. The third-order valence-electron chi connectivity index (χ3n) is 12.9. The van der Waals surface area contributed by atoms with Crippen LogP contribution in [0.15, 0.2) is 29.3 Å². The highest BCUT2D eigenvalue weighted by Crippen LogP contribution is 2.49. The number of dihydropyridines is 1. The molecule has 0 bridgehead atoms. The van der Waals surface area contributed by atoms with Gasteiger partial charge in [0.15, 0.2) is 11.4 Å². The number of imidazole rings is 1. The van der Waals surface area contributed by atoms with E-state index in [0.717, 1.165) is 5.70 Å². The molecule has 11 atom stereocenters.